The third kappa shape index (κ3) is 3.99. The number of nitrogens with two attached hydrogens (primary N) is 1. The Hall–Kier alpha value is -1.99. The van der Waals surface area contributed by atoms with E-state index in [1.165, 1.54) is 18.2 Å². The molecule has 0 aliphatic rings. The molecule has 0 aliphatic heterocycles. The van der Waals surface area contributed by atoms with Crippen molar-refractivity contribution >= 4 is 32.9 Å². The quantitative estimate of drug-likeness (QED) is 0.829. The molecular formula is C14H13FN2O2S2. The van der Waals surface area contributed by atoms with Crippen LogP contribution in [0, 0.1) is 5.82 Å². The molecule has 0 heterocycles. The van der Waals surface area contributed by atoms with Crippen LogP contribution in [-0.4, -0.2) is 13.4 Å². The Labute approximate surface area is 127 Å². The summed E-state index contributed by atoms with van der Waals surface area (Å²) in [6.45, 7) is 0. The van der Waals surface area contributed by atoms with E-state index in [0.717, 1.165) is 0 Å². The van der Waals surface area contributed by atoms with Crippen molar-refractivity contribution in [3.63, 3.8) is 0 Å². The fourth-order valence-corrected chi connectivity index (χ4v) is 3.27. The van der Waals surface area contributed by atoms with Crippen LogP contribution >= 0.6 is 12.2 Å². The second-order valence-electron chi connectivity index (χ2n) is 4.37. The molecular weight excluding hydrogens is 311 g/mol. The maximum absolute atomic E-state index is 13.7. The number of sulfonamides is 1. The van der Waals surface area contributed by atoms with Gasteiger partial charge in [0.05, 0.1) is 17.0 Å². The van der Waals surface area contributed by atoms with E-state index in [9.17, 15) is 12.8 Å². The summed E-state index contributed by atoms with van der Waals surface area (Å²) in [4.78, 5) is -0.203. The van der Waals surface area contributed by atoms with Crippen LogP contribution in [0.3, 0.4) is 0 Å². The minimum atomic E-state index is -3.69. The molecule has 3 N–H and O–H groups in total. The number of nitrogens with one attached hydrogen (secondary N) is 1. The van der Waals surface area contributed by atoms with Crippen molar-refractivity contribution in [2.75, 3.05) is 4.72 Å². The smallest absolute Gasteiger partial charge is 0.236 e. The highest BCUT2D eigenvalue weighted by molar-refractivity contribution is 7.92. The Morgan fingerprint density at radius 1 is 1.14 bits per heavy atom. The van der Waals surface area contributed by atoms with Gasteiger partial charge in [0.2, 0.25) is 10.0 Å². The van der Waals surface area contributed by atoms with E-state index >= 15 is 0 Å². The lowest BCUT2D eigenvalue weighted by atomic mass is 10.2. The highest BCUT2D eigenvalue weighted by Gasteiger charge is 2.17. The number of halogens is 1. The molecule has 0 bridgehead atoms. The third-order valence-electron chi connectivity index (χ3n) is 2.72. The molecule has 0 aromatic heterocycles. The summed E-state index contributed by atoms with van der Waals surface area (Å²) in [6, 6.07) is 12.6. The zero-order valence-electron chi connectivity index (χ0n) is 10.9. The first kappa shape index (κ1) is 15.4. The van der Waals surface area contributed by atoms with Crippen molar-refractivity contribution in [2.24, 2.45) is 5.73 Å². The minimum absolute atomic E-state index is 0.0402. The van der Waals surface area contributed by atoms with Crippen LogP contribution < -0.4 is 10.5 Å². The molecule has 0 unspecified atom stereocenters. The zero-order valence-corrected chi connectivity index (χ0v) is 12.5. The number of thiocarbonyl (C=S) groups is 1. The van der Waals surface area contributed by atoms with Crippen molar-refractivity contribution in [1.29, 1.82) is 0 Å². The number of hydrogen-bond donors (Lipinski definition) is 2. The van der Waals surface area contributed by atoms with Gasteiger partial charge in [-0.2, -0.15) is 0 Å². The van der Waals surface area contributed by atoms with Crippen LogP contribution in [0.5, 0.6) is 0 Å². The number of anilines is 1. The second-order valence-corrected chi connectivity index (χ2v) is 6.54. The molecule has 2 rings (SSSR count). The fraction of sp³-hybridized carbons (Fsp3) is 0.0714. The molecule has 0 saturated heterocycles. The summed E-state index contributed by atoms with van der Waals surface area (Å²) >= 11 is 4.76. The molecule has 0 spiro atoms. The van der Waals surface area contributed by atoms with E-state index in [0.29, 0.717) is 5.56 Å². The lowest BCUT2D eigenvalue weighted by Crippen LogP contribution is -2.20. The van der Waals surface area contributed by atoms with E-state index in [4.69, 9.17) is 18.0 Å². The summed E-state index contributed by atoms with van der Waals surface area (Å²) in [5, 5.41) is 0. The van der Waals surface area contributed by atoms with Gasteiger partial charge >= 0.3 is 0 Å². The molecule has 0 amide bonds. The molecule has 21 heavy (non-hydrogen) atoms. The van der Waals surface area contributed by atoms with E-state index in [-0.39, 0.29) is 22.0 Å². The maximum atomic E-state index is 13.7. The molecule has 0 saturated carbocycles. The first-order chi connectivity index (χ1) is 9.89. The predicted octanol–water partition coefficient (Wildman–Crippen LogP) is 2.40. The van der Waals surface area contributed by atoms with Crippen molar-refractivity contribution in [1.82, 2.24) is 0 Å². The first-order valence-electron chi connectivity index (χ1n) is 6.02. The SMILES string of the molecule is NC(=S)c1c(F)cccc1NS(=O)(=O)Cc1ccccc1. The van der Waals surface area contributed by atoms with Gasteiger partial charge in [-0.25, -0.2) is 12.8 Å². The van der Waals surface area contributed by atoms with Crippen LogP contribution in [0.1, 0.15) is 11.1 Å². The van der Waals surface area contributed by atoms with Crippen LogP contribution in [-0.2, 0) is 15.8 Å². The lowest BCUT2D eigenvalue weighted by Gasteiger charge is -2.12. The van der Waals surface area contributed by atoms with Gasteiger partial charge in [-0.05, 0) is 17.7 Å². The molecule has 2 aromatic rings. The average Bonchev–Trinajstić information content (AvgIpc) is 2.38. The number of hydrogen-bond acceptors (Lipinski definition) is 3. The van der Waals surface area contributed by atoms with Crippen LogP contribution in [0.4, 0.5) is 10.1 Å². The van der Waals surface area contributed by atoms with Crippen LogP contribution in [0.15, 0.2) is 48.5 Å². The van der Waals surface area contributed by atoms with E-state index < -0.39 is 15.8 Å². The largest absolute Gasteiger partial charge is 0.389 e. The third-order valence-corrected chi connectivity index (χ3v) is 4.17. The zero-order chi connectivity index (χ0) is 15.5. The molecule has 7 heteroatoms. The van der Waals surface area contributed by atoms with Gasteiger partial charge in [-0.3, -0.25) is 4.72 Å². The molecule has 0 fully saturated rings. The van der Waals surface area contributed by atoms with Gasteiger partial charge in [0.1, 0.15) is 10.8 Å². The van der Waals surface area contributed by atoms with E-state index in [1.807, 2.05) is 0 Å². The van der Waals surface area contributed by atoms with Gasteiger partial charge in [-0.1, -0.05) is 48.6 Å². The van der Waals surface area contributed by atoms with Gasteiger partial charge in [-0.15, -0.1) is 0 Å². The molecule has 2 aromatic carbocycles. The van der Waals surface area contributed by atoms with Gasteiger partial charge in [0.15, 0.2) is 0 Å². The van der Waals surface area contributed by atoms with Gasteiger partial charge in [0.25, 0.3) is 0 Å². The maximum Gasteiger partial charge on any atom is 0.236 e. The predicted molar refractivity (Wildman–Crippen MR) is 85.0 cm³/mol. The standard InChI is InChI=1S/C14H13FN2O2S2/c15-11-7-4-8-12(13(11)14(16)20)17-21(18,19)9-10-5-2-1-3-6-10/h1-8,17H,9H2,(H2,16,20). The van der Waals surface area contributed by atoms with Crippen molar-refractivity contribution < 1.29 is 12.8 Å². The Balaban J connectivity index is 2.29. The fourth-order valence-electron chi connectivity index (χ4n) is 1.86. The Kier molecular flexibility index (Phi) is 4.54. The summed E-state index contributed by atoms with van der Waals surface area (Å²) in [5.41, 5.74) is 6.00. The molecule has 4 nitrogen and oxygen atoms in total. The van der Waals surface area contributed by atoms with Crippen LogP contribution in [0.2, 0.25) is 0 Å². The minimum Gasteiger partial charge on any atom is -0.389 e. The van der Waals surface area contributed by atoms with Crippen molar-refractivity contribution in [2.45, 2.75) is 5.75 Å². The summed E-state index contributed by atoms with van der Waals surface area (Å²) in [7, 11) is -3.69. The molecule has 0 atom stereocenters. The van der Waals surface area contributed by atoms with E-state index in [1.54, 1.807) is 30.3 Å². The Morgan fingerprint density at radius 3 is 2.43 bits per heavy atom. The van der Waals surface area contributed by atoms with Crippen molar-refractivity contribution in [3.8, 4) is 0 Å². The molecule has 110 valence electrons. The average molecular weight is 324 g/mol. The van der Waals surface area contributed by atoms with Gasteiger partial charge < -0.3 is 5.73 Å². The second kappa shape index (κ2) is 6.19. The summed E-state index contributed by atoms with van der Waals surface area (Å²) < 4.78 is 40.3. The molecule has 0 aliphatic carbocycles. The Bertz CT molecular complexity index is 762. The first-order valence-corrected chi connectivity index (χ1v) is 8.08. The van der Waals surface area contributed by atoms with Crippen LogP contribution in [0.25, 0.3) is 0 Å². The highest BCUT2D eigenvalue weighted by atomic mass is 32.2. The van der Waals surface area contributed by atoms with Gasteiger partial charge in [0, 0.05) is 0 Å². The number of rotatable bonds is 5. The monoisotopic (exact) mass is 324 g/mol. The normalized spacial score (nSPS) is 11.1. The topological polar surface area (TPSA) is 72.2 Å². The summed E-state index contributed by atoms with van der Waals surface area (Å²) in [6.07, 6.45) is 0. The number of benzene rings is 2. The highest BCUT2D eigenvalue weighted by Crippen LogP contribution is 2.21. The van der Waals surface area contributed by atoms with E-state index in [2.05, 4.69) is 4.72 Å². The van der Waals surface area contributed by atoms with Crippen molar-refractivity contribution in [3.05, 3.63) is 65.5 Å². The summed E-state index contributed by atoms with van der Waals surface area (Å²) in [5.74, 6) is -0.886. The molecule has 0 radical (unpaired) electrons. The Morgan fingerprint density at radius 2 is 1.81 bits per heavy atom. The lowest BCUT2D eigenvalue weighted by molar-refractivity contribution is 0.600.